The lowest BCUT2D eigenvalue weighted by atomic mass is 10.1. The second-order valence-electron chi connectivity index (χ2n) is 5.19. The molecule has 1 aliphatic heterocycles. The summed E-state index contributed by atoms with van der Waals surface area (Å²) in [7, 11) is -3.71. The van der Waals surface area contributed by atoms with Crippen molar-refractivity contribution in [3.8, 4) is 11.3 Å². The van der Waals surface area contributed by atoms with Crippen LogP contribution in [-0.4, -0.2) is 31.1 Å². The van der Waals surface area contributed by atoms with Crippen molar-refractivity contribution < 1.29 is 13.2 Å². The van der Waals surface area contributed by atoms with Crippen molar-refractivity contribution in [2.24, 2.45) is 5.14 Å². The molecular weight excluding hydrogens is 302 g/mol. The Balaban J connectivity index is 1.83. The normalized spacial score (nSPS) is 18.7. The number of carbonyl (C=O) groups is 1. The molecule has 2 heterocycles. The highest BCUT2D eigenvalue weighted by Crippen LogP contribution is 2.25. The van der Waals surface area contributed by atoms with E-state index in [1.807, 2.05) is 36.4 Å². The van der Waals surface area contributed by atoms with Gasteiger partial charge in [0.25, 0.3) is 0 Å². The highest BCUT2D eigenvalue weighted by atomic mass is 32.2. The molecule has 0 aliphatic carbocycles. The van der Waals surface area contributed by atoms with E-state index in [1.54, 1.807) is 12.3 Å². The van der Waals surface area contributed by atoms with E-state index in [1.165, 1.54) is 4.90 Å². The molecule has 0 spiro atoms. The molecule has 6 nitrogen and oxygen atoms in total. The molecule has 0 bridgehead atoms. The minimum atomic E-state index is -3.71. The van der Waals surface area contributed by atoms with Gasteiger partial charge >= 0.3 is 0 Å². The number of hydrogen-bond donors (Lipinski definition) is 1. The van der Waals surface area contributed by atoms with Gasteiger partial charge in [-0.2, -0.15) is 0 Å². The molecule has 0 radical (unpaired) electrons. The van der Waals surface area contributed by atoms with Crippen LogP contribution in [0, 0.1) is 0 Å². The summed E-state index contributed by atoms with van der Waals surface area (Å²) >= 11 is 0. The molecule has 7 heteroatoms. The van der Waals surface area contributed by atoms with Crippen molar-refractivity contribution in [3.05, 3.63) is 48.7 Å². The monoisotopic (exact) mass is 317 g/mol. The lowest BCUT2D eigenvalue weighted by Crippen LogP contribution is -2.32. The first-order chi connectivity index (χ1) is 10.4. The predicted molar refractivity (Wildman–Crippen MR) is 83.5 cm³/mol. The number of nitrogens with zero attached hydrogens (tertiary/aromatic N) is 2. The number of anilines is 1. The van der Waals surface area contributed by atoms with E-state index in [0.717, 1.165) is 11.3 Å². The second-order valence-corrected chi connectivity index (χ2v) is 7.03. The van der Waals surface area contributed by atoms with Crippen LogP contribution in [0.25, 0.3) is 11.3 Å². The van der Waals surface area contributed by atoms with Crippen molar-refractivity contribution in [2.45, 2.75) is 11.7 Å². The van der Waals surface area contributed by atoms with Crippen molar-refractivity contribution in [1.29, 1.82) is 0 Å². The van der Waals surface area contributed by atoms with E-state index in [0.29, 0.717) is 5.69 Å². The molecule has 1 saturated heterocycles. The van der Waals surface area contributed by atoms with Crippen LogP contribution >= 0.6 is 0 Å². The number of aromatic nitrogens is 1. The van der Waals surface area contributed by atoms with Gasteiger partial charge in [-0.05, 0) is 12.1 Å². The highest BCUT2D eigenvalue weighted by Gasteiger charge is 2.37. The molecule has 3 rings (SSSR count). The number of nitrogens with two attached hydrogens (primary N) is 1. The van der Waals surface area contributed by atoms with Gasteiger partial charge in [0, 0.05) is 18.5 Å². The van der Waals surface area contributed by atoms with E-state index in [4.69, 9.17) is 5.14 Å². The van der Waals surface area contributed by atoms with Crippen LogP contribution < -0.4 is 10.0 Å². The molecule has 1 aromatic carbocycles. The number of rotatable bonds is 3. The largest absolute Gasteiger partial charge is 0.309 e. The molecule has 2 aromatic rings. The van der Waals surface area contributed by atoms with Crippen LogP contribution in [0.1, 0.15) is 6.42 Å². The molecule has 1 atom stereocenters. The molecular formula is C15H15N3O3S. The Bertz CT molecular complexity index is 789. The maximum atomic E-state index is 12.0. The van der Waals surface area contributed by atoms with Crippen molar-refractivity contribution in [2.75, 3.05) is 11.4 Å². The lowest BCUT2D eigenvalue weighted by Gasteiger charge is -2.16. The fourth-order valence-electron chi connectivity index (χ4n) is 2.47. The number of primary sulfonamides is 1. The fraction of sp³-hybridized carbons (Fsp3) is 0.200. The first-order valence-electron chi connectivity index (χ1n) is 6.78. The standard InChI is InChI=1S/C15H15N3O3S/c16-22(20,21)13-8-15(19)18(10-13)12-6-7-14(17-9-12)11-4-2-1-3-5-11/h1-7,9,13H,8,10H2,(H2,16,20,21). The van der Waals surface area contributed by atoms with Gasteiger partial charge in [0.15, 0.2) is 0 Å². The van der Waals surface area contributed by atoms with Gasteiger partial charge in [-0.25, -0.2) is 13.6 Å². The molecule has 1 amide bonds. The minimum Gasteiger partial charge on any atom is -0.309 e. The van der Waals surface area contributed by atoms with E-state index in [2.05, 4.69) is 4.98 Å². The number of sulfonamides is 1. The Morgan fingerprint density at radius 2 is 1.86 bits per heavy atom. The zero-order valence-electron chi connectivity index (χ0n) is 11.7. The van der Waals surface area contributed by atoms with Crippen LogP contribution in [0.2, 0.25) is 0 Å². The van der Waals surface area contributed by atoms with Gasteiger partial charge in [0.05, 0.1) is 17.6 Å². The average molecular weight is 317 g/mol. The Kier molecular flexibility index (Phi) is 3.67. The molecule has 1 fully saturated rings. The Hall–Kier alpha value is -2.25. The SMILES string of the molecule is NS(=O)(=O)C1CC(=O)N(c2ccc(-c3ccccc3)nc2)C1. The average Bonchev–Trinajstić information content (AvgIpc) is 2.90. The maximum Gasteiger partial charge on any atom is 0.228 e. The molecule has 1 aliphatic rings. The lowest BCUT2D eigenvalue weighted by molar-refractivity contribution is -0.117. The number of carbonyl (C=O) groups excluding carboxylic acids is 1. The van der Waals surface area contributed by atoms with E-state index >= 15 is 0 Å². The third-order valence-electron chi connectivity index (χ3n) is 3.68. The summed E-state index contributed by atoms with van der Waals surface area (Å²) in [4.78, 5) is 17.7. The van der Waals surface area contributed by atoms with Crippen molar-refractivity contribution in [3.63, 3.8) is 0 Å². The number of hydrogen-bond acceptors (Lipinski definition) is 4. The first-order valence-corrected chi connectivity index (χ1v) is 8.39. The number of amides is 1. The summed E-state index contributed by atoms with van der Waals surface area (Å²) in [6.45, 7) is 0.0734. The smallest absolute Gasteiger partial charge is 0.228 e. The van der Waals surface area contributed by atoms with Crippen molar-refractivity contribution in [1.82, 2.24) is 4.98 Å². The summed E-state index contributed by atoms with van der Waals surface area (Å²) in [6, 6.07) is 13.2. The van der Waals surface area contributed by atoms with Crippen LogP contribution in [0.3, 0.4) is 0 Å². The molecule has 22 heavy (non-hydrogen) atoms. The Morgan fingerprint density at radius 3 is 2.41 bits per heavy atom. The second kappa shape index (κ2) is 5.51. The van der Waals surface area contributed by atoms with E-state index in [-0.39, 0.29) is 18.9 Å². The summed E-state index contributed by atoms with van der Waals surface area (Å²) in [5.41, 5.74) is 2.35. The molecule has 1 unspecified atom stereocenters. The minimum absolute atomic E-state index is 0.0734. The molecule has 0 saturated carbocycles. The van der Waals surface area contributed by atoms with Crippen LogP contribution in [-0.2, 0) is 14.8 Å². The first kappa shape index (κ1) is 14.7. The molecule has 1 aromatic heterocycles. The van der Waals surface area contributed by atoms with Gasteiger partial charge in [0.1, 0.15) is 5.25 Å². The third kappa shape index (κ3) is 2.86. The van der Waals surface area contributed by atoms with Crippen molar-refractivity contribution >= 4 is 21.6 Å². The zero-order valence-corrected chi connectivity index (χ0v) is 12.5. The van der Waals surface area contributed by atoms with Gasteiger partial charge in [-0.15, -0.1) is 0 Å². The Labute approximate surface area is 128 Å². The maximum absolute atomic E-state index is 12.0. The van der Waals surface area contributed by atoms with E-state index in [9.17, 15) is 13.2 Å². The third-order valence-corrected chi connectivity index (χ3v) is 4.93. The summed E-state index contributed by atoms with van der Waals surface area (Å²) < 4.78 is 22.8. The van der Waals surface area contributed by atoms with Crippen LogP contribution in [0.4, 0.5) is 5.69 Å². The molecule has 114 valence electrons. The predicted octanol–water partition coefficient (Wildman–Crippen LogP) is 1.14. The summed E-state index contributed by atoms with van der Waals surface area (Å²) in [6.07, 6.45) is 1.49. The highest BCUT2D eigenvalue weighted by molar-refractivity contribution is 7.89. The van der Waals surface area contributed by atoms with Crippen LogP contribution in [0.15, 0.2) is 48.7 Å². The number of pyridine rings is 1. The quantitative estimate of drug-likeness (QED) is 0.918. The summed E-state index contributed by atoms with van der Waals surface area (Å²) in [5, 5.41) is 4.27. The number of benzene rings is 1. The van der Waals surface area contributed by atoms with Gasteiger partial charge < -0.3 is 4.90 Å². The topological polar surface area (TPSA) is 93.4 Å². The Morgan fingerprint density at radius 1 is 1.14 bits per heavy atom. The molecule has 2 N–H and O–H groups in total. The zero-order chi connectivity index (χ0) is 15.7. The van der Waals surface area contributed by atoms with E-state index < -0.39 is 15.3 Å². The fourth-order valence-corrected chi connectivity index (χ4v) is 3.20. The van der Waals surface area contributed by atoms with Gasteiger partial charge in [-0.1, -0.05) is 30.3 Å². The van der Waals surface area contributed by atoms with Gasteiger partial charge in [-0.3, -0.25) is 9.78 Å². The summed E-state index contributed by atoms with van der Waals surface area (Å²) in [5.74, 6) is -0.256. The van der Waals surface area contributed by atoms with Crippen LogP contribution in [0.5, 0.6) is 0 Å². The van der Waals surface area contributed by atoms with Gasteiger partial charge in [0.2, 0.25) is 15.9 Å².